The van der Waals surface area contributed by atoms with E-state index in [1.54, 1.807) is 18.6 Å². The molecule has 2 aromatic rings. The van der Waals surface area contributed by atoms with Crippen molar-refractivity contribution in [1.82, 2.24) is 24.8 Å². The summed E-state index contributed by atoms with van der Waals surface area (Å²) in [5.74, 6) is 0.731. The van der Waals surface area contributed by atoms with Gasteiger partial charge in [0.25, 0.3) is 0 Å². The van der Waals surface area contributed by atoms with E-state index in [9.17, 15) is 0 Å². The van der Waals surface area contributed by atoms with E-state index < -0.39 is 0 Å². The normalized spacial score (nSPS) is 15.9. The molecule has 3 rings (SSSR count). The van der Waals surface area contributed by atoms with Crippen LogP contribution in [0.4, 0.5) is 0 Å². The summed E-state index contributed by atoms with van der Waals surface area (Å²) in [5.41, 5.74) is 0.732. The zero-order valence-electron chi connectivity index (χ0n) is 9.91. The average molecular weight is 262 g/mol. The van der Waals surface area contributed by atoms with Crippen molar-refractivity contribution in [3.8, 4) is 11.5 Å². The highest BCUT2D eigenvalue weighted by Crippen LogP contribution is 2.16. The highest BCUT2D eigenvalue weighted by atomic mass is 32.1. The van der Waals surface area contributed by atoms with Crippen LogP contribution in [0.15, 0.2) is 18.6 Å². The van der Waals surface area contributed by atoms with Gasteiger partial charge < -0.3 is 5.01 Å². The number of hydrogen-bond acceptors (Lipinski definition) is 5. The van der Waals surface area contributed by atoms with Crippen molar-refractivity contribution in [3.05, 3.63) is 23.4 Å². The minimum atomic E-state index is 0.609. The van der Waals surface area contributed by atoms with Crippen LogP contribution in [0.2, 0.25) is 0 Å². The molecule has 1 aliphatic heterocycles. The van der Waals surface area contributed by atoms with Crippen LogP contribution in [0, 0.1) is 4.77 Å². The first-order valence-corrected chi connectivity index (χ1v) is 6.46. The Bertz CT molecular complexity index is 569. The third kappa shape index (κ3) is 2.01. The highest BCUT2D eigenvalue weighted by Gasteiger charge is 2.17. The van der Waals surface area contributed by atoms with Crippen LogP contribution in [0.25, 0.3) is 11.5 Å². The van der Waals surface area contributed by atoms with E-state index >= 15 is 0 Å². The summed E-state index contributed by atoms with van der Waals surface area (Å²) in [4.78, 5) is 8.35. The fourth-order valence-corrected chi connectivity index (χ4v) is 2.46. The van der Waals surface area contributed by atoms with E-state index in [1.165, 1.54) is 19.3 Å². The second-order valence-electron chi connectivity index (χ2n) is 4.27. The Kier molecular flexibility index (Phi) is 3.06. The van der Waals surface area contributed by atoms with E-state index in [2.05, 4.69) is 25.2 Å². The summed E-state index contributed by atoms with van der Waals surface area (Å²) >= 11 is 5.31. The molecule has 0 spiro atoms. The van der Waals surface area contributed by atoms with Gasteiger partial charge in [-0.2, -0.15) is 5.10 Å². The van der Waals surface area contributed by atoms with E-state index in [-0.39, 0.29) is 0 Å². The summed E-state index contributed by atoms with van der Waals surface area (Å²) in [7, 11) is 0. The molecule has 0 saturated carbocycles. The van der Waals surface area contributed by atoms with Gasteiger partial charge in [-0.3, -0.25) is 4.98 Å². The molecular formula is C11H14N6S. The Morgan fingerprint density at radius 2 is 2.00 bits per heavy atom. The van der Waals surface area contributed by atoms with Crippen molar-refractivity contribution >= 4 is 12.2 Å². The van der Waals surface area contributed by atoms with Crippen LogP contribution in [-0.4, -0.2) is 37.9 Å². The summed E-state index contributed by atoms with van der Waals surface area (Å²) in [6.45, 7) is 2.00. The van der Waals surface area contributed by atoms with Gasteiger partial charge in [0.1, 0.15) is 5.69 Å². The maximum absolute atomic E-state index is 5.31. The number of aromatic amines is 1. The lowest BCUT2D eigenvalue weighted by Gasteiger charge is -2.29. The second-order valence-corrected chi connectivity index (χ2v) is 4.66. The van der Waals surface area contributed by atoms with Crippen LogP contribution in [-0.2, 0) is 0 Å². The molecule has 1 aliphatic rings. The van der Waals surface area contributed by atoms with Crippen molar-refractivity contribution in [2.75, 3.05) is 18.1 Å². The Labute approximate surface area is 110 Å². The first kappa shape index (κ1) is 11.3. The third-order valence-corrected chi connectivity index (χ3v) is 3.32. The number of H-pyrrole nitrogens is 1. The van der Waals surface area contributed by atoms with Gasteiger partial charge in [0, 0.05) is 25.5 Å². The van der Waals surface area contributed by atoms with E-state index in [0.29, 0.717) is 4.77 Å². The van der Waals surface area contributed by atoms with Crippen molar-refractivity contribution < 1.29 is 0 Å². The van der Waals surface area contributed by atoms with Crippen LogP contribution >= 0.6 is 12.2 Å². The molecular weight excluding hydrogens is 248 g/mol. The van der Waals surface area contributed by atoms with Crippen molar-refractivity contribution in [2.45, 2.75) is 19.3 Å². The monoisotopic (exact) mass is 262 g/mol. The number of nitrogens with one attached hydrogen (secondary N) is 1. The number of hydrogen-bond donors (Lipinski definition) is 1. The first-order valence-electron chi connectivity index (χ1n) is 6.05. The predicted molar refractivity (Wildman–Crippen MR) is 70.2 cm³/mol. The van der Waals surface area contributed by atoms with Crippen molar-refractivity contribution in [1.29, 1.82) is 0 Å². The summed E-state index contributed by atoms with van der Waals surface area (Å²) in [6.07, 6.45) is 8.66. The molecule has 0 atom stereocenters. The standard InChI is InChI=1S/C11H14N6S/c18-11-15-14-10(9-8-12-4-5-13-9)17(11)16-6-2-1-3-7-16/h4-5,8H,1-3,6-7H2,(H,15,18). The lowest BCUT2D eigenvalue weighted by atomic mass is 10.2. The van der Waals surface area contributed by atoms with Gasteiger partial charge in [-0.25, -0.2) is 14.8 Å². The summed E-state index contributed by atoms with van der Waals surface area (Å²) in [5, 5.41) is 9.32. The van der Waals surface area contributed by atoms with Gasteiger partial charge in [-0.15, -0.1) is 0 Å². The maximum atomic E-state index is 5.31. The average Bonchev–Trinajstić information content (AvgIpc) is 2.83. The topological polar surface area (TPSA) is 62.6 Å². The van der Waals surface area contributed by atoms with E-state index in [0.717, 1.165) is 24.6 Å². The molecule has 1 N–H and O–H groups in total. The van der Waals surface area contributed by atoms with Gasteiger partial charge in [-0.1, -0.05) is 0 Å². The molecule has 1 fully saturated rings. The van der Waals surface area contributed by atoms with Gasteiger partial charge >= 0.3 is 0 Å². The van der Waals surface area contributed by atoms with Gasteiger partial charge in [0.05, 0.1) is 6.20 Å². The lowest BCUT2D eigenvalue weighted by molar-refractivity contribution is 0.477. The van der Waals surface area contributed by atoms with Crippen molar-refractivity contribution in [2.24, 2.45) is 0 Å². The zero-order chi connectivity index (χ0) is 12.4. The van der Waals surface area contributed by atoms with Gasteiger partial charge in [0.15, 0.2) is 0 Å². The Morgan fingerprint density at radius 3 is 2.72 bits per heavy atom. The molecule has 0 aromatic carbocycles. The molecule has 1 saturated heterocycles. The van der Waals surface area contributed by atoms with Crippen LogP contribution in [0.1, 0.15) is 19.3 Å². The smallest absolute Gasteiger partial charge is 0.214 e. The summed E-state index contributed by atoms with van der Waals surface area (Å²) in [6, 6.07) is 0. The number of rotatable bonds is 2. The molecule has 2 aromatic heterocycles. The maximum Gasteiger partial charge on any atom is 0.214 e. The Balaban J connectivity index is 2.03. The summed E-state index contributed by atoms with van der Waals surface area (Å²) < 4.78 is 2.55. The second kappa shape index (κ2) is 4.85. The van der Waals surface area contributed by atoms with Gasteiger partial charge in [0.2, 0.25) is 10.6 Å². The Morgan fingerprint density at radius 1 is 1.17 bits per heavy atom. The third-order valence-electron chi connectivity index (χ3n) is 3.06. The van der Waals surface area contributed by atoms with Crippen LogP contribution < -0.4 is 5.01 Å². The minimum absolute atomic E-state index is 0.609. The van der Waals surface area contributed by atoms with Crippen LogP contribution in [0.5, 0.6) is 0 Å². The fourth-order valence-electron chi connectivity index (χ4n) is 2.21. The number of aromatic nitrogens is 5. The molecule has 0 bridgehead atoms. The van der Waals surface area contributed by atoms with E-state index in [4.69, 9.17) is 12.2 Å². The number of piperidine rings is 1. The minimum Gasteiger partial charge on any atom is -0.309 e. The largest absolute Gasteiger partial charge is 0.309 e. The predicted octanol–water partition coefficient (Wildman–Crippen LogP) is 1.52. The lowest BCUT2D eigenvalue weighted by Crippen LogP contribution is -2.39. The van der Waals surface area contributed by atoms with Crippen LogP contribution in [0.3, 0.4) is 0 Å². The molecule has 0 unspecified atom stereocenters. The molecule has 7 heteroatoms. The van der Waals surface area contributed by atoms with E-state index in [1.807, 2.05) is 4.68 Å². The highest BCUT2D eigenvalue weighted by molar-refractivity contribution is 7.71. The molecule has 94 valence electrons. The molecule has 0 radical (unpaired) electrons. The first-order chi connectivity index (χ1) is 8.86. The quantitative estimate of drug-likeness (QED) is 0.831. The molecule has 0 amide bonds. The zero-order valence-corrected chi connectivity index (χ0v) is 10.7. The Hall–Kier alpha value is -1.76. The van der Waals surface area contributed by atoms with Crippen molar-refractivity contribution in [3.63, 3.8) is 0 Å². The molecule has 18 heavy (non-hydrogen) atoms. The number of nitrogens with zero attached hydrogens (tertiary/aromatic N) is 5. The fraction of sp³-hybridized carbons (Fsp3) is 0.455. The molecule has 6 nitrogen and oxygen atoms in total. The van der Waals surface area contributed by atoms with Gasteiger partial charge in [-0.05, 0) is 31.5 Å². The molecule has 3 heterocycles. The SMILES string of the molecule is S=c1[nH]nc(-c2cnccn2)n1N1CCCCC1. The molecule has 0 aliphatic carbocycles.